The van der Waals surface area contributed by atoms with E-state index in [9.17, 15) is 5.11 Å². The van der Waals surface area contributed by atoms with Gasteiger partial charge in [0.2, 0.25) is 0 Å². The molecule has 0 saturated heterocycles. The number of rotatable bonds is 18. The SMILES string of the molecule is CCCCC(CC)COc1ccc(-c2nc(-c3ccc(OC)cc3)nc(-c3ccc(OCC(CC)CCCC)cc3O)n2)c(C)c1. The molecule has 1 heterocycles. The van der Waals surface area contributed by atoms with Crippen molar-refractivity contribution in [1.82, 2.24) is 15.0 Å². The number of nitrogens with zero attached hydrogens (tertiary/aromatic N) is 3. The van der Waals surface area contributed by atoms with Crippen molar-refractivity contribution in [3.8, 4) is 57.2 Å². The third kappa shape index (κ3) is 9.44. The van der Waals surface area contributed by atoms with Gasteiger partial charge < -0.3 is 19.3 Å². The van der Waals surface area contributed by atoms with Gasteiger partial charge in [0.1, 0.15) is 23.0 Å². The van der Waals surface area contributed by atoms with Gasteiger partial charge in [-0.15, -0.1) is 0 Å². The molecule has 0 aliphatic rings. The van der Waals surface area contributed by atoms with Gasteiger partial charge in [-0.1, -0.05) is 66.2 Å². The fourth-order valence-corrected chi connectivity index (χ4v) is 5.48. The quantitative estimate of drug-likeness (QED) is 0.118. The normalized spacial score (nSPS) is 12.5. The fourth-order valence-electron chi connectivity index (χ4n) is 5.48. The lowest BCUT2D eigenvalue weighted by molar-refractivity contribution is 0.232. The van der Waals surface area contributed by atoms with Crippen molar-refractivity contribution in [1.29, 1.82) is 0 Å². The Morgan fingerprint density at radius 3 is 1.63 bits per heavy atom. The van der Waals surface area contributed by atoms with Crippen molar-refractivity contribution >= 4 is 0 Å². The molecule has 4 rings (SSSR count). The van der Waals surface area contributed by atoms with E-state index in [-0.39, 0.29) is 5.75 Å². The van der Waals surface area contributed by atoms with Crippen molar-refractivity contribution in [3.63, 3.8) is 0 Å². The summed E-state index contributed by atoms with van der Waals surface area (Å²) in [6.45, 7) is 12.2. The number of methoxy groups -OCH3 is 1. The molecular weight excluding hydrogens is 574 g/mol. The standard InChI is InChI=1S/C39H51N3O4/c1-7-11-13-28(9-3)25-45-32-19-21-34(27(5)23-32)38-40-37(30-15-17-31(44-6)18-16-30)41-39(42-38)35-22-20-33(24-36(35)43)46-26-29(10-4)14-12-8-2/h15-24,28-29,43H,7-14,25-26H2,1-6H3. The molecule has 1 N–H and O–H groups in total. The Labute approximate surface area is 275 Å². The van der Waals surface area contributed by atoms with Crippen LogP contribution in [0.2, 0.25) is 0 Å². The second kappa shape index (κ2) is 17.5. The van der Waals surface area contributed by atoms with Crippen LogP contribution in [0.3, 0.4) is 0 Å². The van der Waals surface area contributed by atoms with E-state index >= 15 is 0 Å². The lowest BCUT2D eigenvalue weighted by atomic mass is 10.0. The Bertz CT molecular complexity index is 1430. The Hall–Kier alpha value is -4.13. The third-order valence-electron chi connectivity index (χ3n) is 8.69. The van der Waals surface area contributed by atoms with E-state index in [4.69, 9.17) is 29.2 Å². The molecule has 0 fully saturated rings. The number of aromatic hydroxyl groups is 1. The maximum atomic E-state index is 11.2. The number of ether oxygens (including phenoxy) is 3. The molecule has 0 saturated carbocycles. The predicted molar refractivity (Wildman–Crippen MR) is 187 cm³/mol. The second-order valence-electron chi connectivity index (χ2n) is 12.1. The van der Waals surface area contributed by atoms with E-state index in [1.165, 1.54) is 32.1 Å². The van der Waals surface area contributed by atoms with Crippen molar-refractivity contribution in [2.75, 3.05) is 20.3 Å². The molecule has 46 heavy (non-hydrogen) atoms. The first-order valence-corrected chi connectivity index (χ1v) is 17.0. The lowest BCUT2D eigenvalue weighted by Crippen LogP contribution is -2.11. The molecule has 0 spiro atoms. The molecular formula is C39H51N3O4. The summed E-state index contributed by atoms with van der Waals surface area (Å²) in [6, 6.07) is 19.0. The second-order valence-corrected chi connectivity index (χ2v) is 12.1. The van der Waals surface area contributed by atoms with Gasteiger partial charge in [0.05, 0.1) is 25.9 Å². The molecule has 0 amide bonds. The Morgan fingerprint density at radius 2 is 1.13 bits per heavy atom. The maximum Gasteiger partial charge on any atom is 0.167 e. The molecule has 0 aliphatic carbocycles. The Kier molecular flexibility index (Phi) is 13.2. The van der Waals surface area contributed by atoms with Gasteiger partial charge in [0.15, 0.2) is 17.5 Å². The number of hydrogen-bond acceptors (Lipinski definition) is 7. The smallest absolute Gasteiger partial charge is 0.167 e. The van der Waals surface area contributed by atoms with Gasteiger partial charge in [0.25, 0.3) is 0 Å². The van der Waals surface area contributed by atoms with E-state index in [0.29, 0.717) is 53.8 Å². The lowest BCUT2D eigenvalue weighted by Gasteiger charge is -2.17. The minimum atomic E-state index is 0.0611. The van der Waals surface area contributed by atoms with Gasteiger partial charge in [-0.2, -0.15) is 0 Å². The molecule has 2 atom stereocenters. The highest BCUT2D eigenvalue weighted by atomic mass is 16.5. The molecule has 1 aromatic heterocycles. The molecule has 0 bridgehead atoms. The molecule has 2 unspecified atom stereocenters. The average Bonchev–Trinajstić information content (AvgIpc) is 3.08. The molecule has 7 heteroatoms. The molecule has 0 radical (unpaired) electrons. The molecule has 3 aromatic carbocycles. The fraction of sp³-hybridized carbons (Fsp3) is 0.462. The molecule has 7 nitrogen and oxygen atoms in total. The predicted octanol–water partition coefficient (Wildman–Crippen LogP) is 10.1. The first-order chi connectivity index (χ1) is 22.4. The summed E-state index contributed by atoms with van der Waals surface area (Å²) in [4.78, 5) is 14.6. The van der Waals surface area contributed by atoms with Crippen LogP contribution in [0.5, 0.6) is 23.0 Å². The highest BCUT2D eigenvalue weighted by Gasteiger charge is 2.18. The van der Waals surface area contributed by atoms with Crippen molar-refractivity contribution < 1.29 is 19.3 Å². The minimum absolute atomic E-state index is 0.0611. The average molecular weight is 626 g/mol. The van der Waals surface area contributed by atoms with Crippen LogP contribution in [-0.2, 0) is 0 Å². The van der Waals surface area contributed by atoms with E-state index in [0.717, 1.165) is 47.5 Å². The van der Waals surface area contributed by atoms with Gasteiger partial charge in [-0.3, -0.25) is 0 Å². The zero-order chi connectivity index (χ0) is 32.9. The summed E-state index contributed by atoms with van der Waals surface area (Å²) in [7, 11) is 1.64. The monoisotopic (exact) mass is 625 g/mol. The van der Waals surface area contributed by atoms with Crippen LogP contribution in [0.25, 0.3) is 34.2 Å². The van der Waals surface area contributed by atoms with Gasteiger partial charge in [-0.05, 0) is 91.8 Å². The number of hydrogen-bond donors (Lipinski definition) is 1. The summed E-state index contributed by atoms with van der Waals surface area (Å²) < 4.78 is 17.7. The highest BCUT2D eigenvalue weighted by Crippen LogP contribution is 2.34. The third-order valence-corrected chi connectivity index (χ3v) is 8.69. The van der Waals surface area contributed by atoms with Crippen molar-refractivity contribution in [2.24, 2.45) is 11.8 Å². The number of benzene rings is 3. The van der Waals surface area contributed by atoms with Crippen molar-refractivity contribution in [2.45, 2.75) is 86.0 Å². The van der Waals surface area contributed by atoms with Crippen LogP contribution in [-0.4, -0.2) is 40.4 Å². The maximum absolute atomic E-state index is 11.2. The number of aryl methyl sites for hydroxylation is 1. The largest absolute Gasteiger partial charge is 0.507 e. The number of phenols is 1. The van der Waals surface area contributed by atoms with E-state index in [1.54, 1.807) is 13.2 Å². The number of aromatic nitrogens is 3. The molecule has 246 valence electrons. The first kappa shape index (κ1) is 34.7. The summed E-state index contributed by atoms with van der Waals surface area (Å²) in [5.41, 5.74) is 3.21. The Balaban J connectivity index is 1.65. The number of phenolic OH excluding ortho intramolecular Hbond substituents is 1. The van der Waals surface area contributed by atoms with Crippen LogP contribution >= 0.6 is 0 Å². The molecule has 0 aliphatic heterocycles. The van der Waals surface area contributed by atoms with Gasteiger partial charge in [0, 0.05) is 17.2 Å². The highest BCUT2D eigenvalue weighted by molar-refractivity contribution is 5.71. The number of unbranched alkanes of at least 4 members (excludes halogenated alkanes) is 2. The minimum Gasteiger partial charge on any atom is -0.507 e. The van der Waals surface area contributed by atoms with Crippen LogP contribution in [0.1, 0.15) is 84.6 Å². The summed E-state index contributed by atoms with van der Waals surface area (Å²) in [5.74, 6) is 4.74. The van der Waals surface area contributed by atoms with Crippen molar-refractivity contribution in [3.05, 3.63) is 66.2 Å². The van der Waals surface area contributed by atoms with Gasteiger partial charge >= 0.3 is 0 Å². The van der Waals surface area contributed by atoms with Crippen LogP contribution in [0, 0.1) is 18.8 Å². The van der Waals surface area contributed by atoms with Crippen LogP contribution in [0.4, 0.5) is 0 Å². The summed E-state index contributed by atoms with van der Waals surface area (Å²) in [6.07, 6.45) is 9.29. The van der Waals surface area contributed by atoms with Crippen LogP contribution in [0.15, 0.2) is 60.7 Å². The topological polar surface area (TPSA) is 86.6 Å². The Morgan fingerprint density at radius 1 is 0.630 bits per heavy atom. The summed E-state index contributed by atoms with van der Waals surface area (Å²) >= 11 is 0. The zero-order valence-corrected chi connectivity index (χ0v) is 28.5. The first-order valence-electron chi connectivity index (χ1n) is 17.0. The van der Waals surface area contributed by atoms with E-state index in [1.807, 2.05) is 61.5 Å². The van der Waals surface area contributed by atoms with Crippen LogP contribution < -0.4 is 14.2 Å². The summed E-state index contributed by atoms with van der Waals surface area (Å²) in [5, 5.41) is 11.2. The van der Waals surface area contributed by atoms with E-state index in [2.05, 4.69) is 27.7 Å². The molecule has 4 aromatic rings. The van der Waals surface area contributed by atoms with Gasteiger partial charge in [-0.25, -0.2) is 15.0 Å². The van der Waals surface area contributed by atoms with E-state index < -0.39 is 0 Å². The zero-order valence-electron chi connectivity index (χ0n) is 28.5.